The van der Waals surface area contributed by atoms with Crippen LogP contribution in [0.15, 0.2) is 18.2 Å². The highest BCUT2D eigenvalue weighted by Crippen LogP contribution is 2.25. The Balaban J connectivity index is 2.66. The maximum Gasteiger partial charge on any atom is 0.0788 e. The summed E-state index contributed by atoms with van der Waals surface area (Å²) in [6.07, 6.45) is 0.686. The molecule has 0 heterocycles. The van der Waals surface area contributed by atoms with E-state index in [0.29, 0.717) is 23.0 Å². The van der Waals surface area contributed by atoms with Gasteiger partial charge in [0.1, 0.15) is 0 Å². The van der Waals surface area contributed by atoms with Crippen molar-refractivity contribution >= 4 is 28.9 Å². The highest BCUT2D eigenvalue weighted by atomic mass is 35.5. The number of benzene rings is 1. The third kappa shape index (κ3) is 3.90. The van der Waals surface area contributed by atoms with Gasteiger partial charge in [-0.15, -0.1) is 0 Å². The van der Waals surface area contributed by atoms with Crippen LogP contribution in [0.5, 0.6) is 0 Å². The zero-order valence-electron chi connectivity index (χ0n) is 8.85. The second kappa shape index (κ2) is 5.06. The number of aliphatic hydroxyl groups is 1. The number of nitrogens with one attached hydrogen (secondary N) is 1. The Morgan fingerprint density at radius 3 is 2.60 bits per heavy atom. The average Bonchev–Trinajstić information content (AvgIpc) is 2.16. The van der Waals surface area contributed by atoms with Crippen LogP contribution >= 0.6 is 23.2 Å². The lowest BCUT2D eigenvalue weighted by atomic mass is 10.0. The number of anilines is 1. The van der Waals surface area contributed by atoms with Gasteiger partial charge in [-0.25, -0.2) is 0 Å². The van der Waals surface area contributed by atoms with Gasteiger partial charge in [-0.1, -0.05) is 30.1 Å². The van der Waals surface area contributed by atoms with Crippen molar-refractivity contribution in [3.8, 4) is 0 Å². The summed E-state index contributed by atoms with van der Waals surface area (Å²) in [6.45, 7) is 4.18. The van der Waals surface area contributed by atoms with Crippen molar-refractivity contribution in [2.45, 2.75) is 25.9 Å². The van der Waals surface area contributed by atoms with E-state index in [1.165, 1.54) is 0 Å². The fraction of sp³-hybridized carbons (Fsp3) is 0.455. The molecule has 0 radical (unpaired) electrons. The van der Waals surface area contributed by atoms with Gasteiger partial charge >= 0.3 is 0 Å². The molecule has 84 valence electrons. The summed E-state index contributed by atoms with van der Waals surface area (Å²) >= 11 is 11.7. The molecule has 1 rings (SSSR count). The third-order valence-corrected chi connectivity index (χ3v) is 2.90. The standard InChI is InChI=1S/C11H15Cl2NO/c1-3-11(2,15)7-14-10-5-4-8(12)6-9(10)13/h4-6,14-15H,3,7H2,1-2H3. The van der Waals surface area contributed by atoms with Crippen LogP contribution in [-0.4, -0.2) is 17.3 Å². The first kappa shape index (κ1) is 12.6. The first-order valence-electron chi connectivity index (χ1n) is 4.86. The molecule has 4 heteroatoms. The quantitative estimate of drug-likeness (QED) is 0.853. The van der Waals surface area contributed by atoms with E-state index in [1.54, 1.807) is 25.1 Å². The van der Waals surface area contributed by atoms with E-state index in [1.807, 2.05) is 6.92 Å². The Morgan fingerprint density at radius 1 is 1.40 bits per heavy atom. The highest BCUT2D eigenvalue weighted by molar-refractivity contribution is 6.36. The molecule has 0 aromatic heterocycles. The van der Waals surface area contributed by atoms with E-state index in [-0.39, 0.29) is 0 Å². The topological polar surface area (TPSA) is 32.3 Å². The Morgan fingerprint density at radius 2 is 2.07 bits per heavy atom. The van der Waals surface area contributed by atoms with Crippen LogP contribution < -0.4 is 5.32 Å². The van der Waals surface area contributed by atoms with Gasteiger partial charge in [0, 0.05) is 11.6 Å². The lowest BCUT2D eigenvalue weighted by Gasteiger charge is -2.22. The molecule has 1 aromatic carbocycles. The Labute approximate surface area is 100 Å². The first-order valence-corrected chi connectivity index (χ1v) is 5.61. The second-order valence-corrected chi connectivity index (χ2v) is 4.67. The molecule has 0 spiro atoms. The molecule has 1 atom stereocenters. The summed E-state index contributed by atoms with van der Waals surface area (Å²) in [7, 11) is 0. The van der Waals surface area contributed by atoms with Crippen LogP contribution in [0.1, 0.15) is 20.3 Å². The number of hydrogen-bond donors (Lipinski definition) is 2. The molecular formula is C11H15Cl2NO. The molecule has 1 unspecified atom stereocenters. The minimum atomic E-state index is -0.719. The van der Waals surface area contributed by atoms with Crippen molar-refractivity contribution in [1.29, 1.82) is 0 Å². The molecule has 0 aliphatic rings. The van der Waals surface area contributed by atoms with E-state index in [9.17, 15) is 5.11 Å². The van der Waals surface area contributed by atoms with Crippen LogP contribution in [0.3, 0.4) is 0 Å². The molecule has 0 saturated carbocycles. The molecule has 1 aromatic rings. The SMILES string of the molecule is CCC(C)(O)CNc1ccc(Cl)cc1Cl. The minimum absolute atomic E-state index is 0.463. The molecule has 0 saturated heterocycles. The van der Waals surface area contributed by atoms with Crippen LogP contribution in [0, 0.1) is 0 Å². The molecule has 0 bridgehead atoms. The molecule has 0 fully saturated rings. The van der Waals surface area contributed by atoms with Gasteiger partial charge in [-0.2, -0.15) is 0 Å². The Kier molecular flexibility index (Phi) is 4.26. The van der Waals surface area contributed by atoms with Crippen molar-refractivity contribution in [2.75, 3.05) is 11.9 Å². The molecule has 0 amide bonds. The predicted octanol–water partition coefficient (Wildman–Crippen LogP) is 3.57. The number of rotatable bonds is 4. The Bertz CT molecular complexity index is 339. The fourth-order valence-electron chi connectivity index (χ4n) is 1.04. The largest absolute Gasteiger partial charge is 0.388 e. The van der Waals surface area contributed by atoms with Crippen molar-refractivity contribution in [1.82, 2.24) is 0 Å². The summed E-state index contributed by atoms with van der Waals surface area (Å²) in [5.74, 6) is 0. The van der Waals surface area contributed by atoms with E-state index >= 15 is 0 Å². The third-order valence-electron chi connectivity index (χ3n) is 2.35. The normalized spacial score (nSPS) is 14.7. The maximum atomic E-state index is 9.80. The molecule has 2 N–H and O–H groups in total. The van der Waals surface area contributed by atoms with Gasteiger partial charge in [0.05, 0.1) is 16.3 Å². The van der Waals surface area contributed by atoms with Gasteiger partial charge < -0.3 is 10.4 Å². The summed E-state index contributed by atoms with van der Waals surface area (Å²) in [5, 5.41) is 14.1. The van der Waals surface area contributed by atoms with E-state index in [4.69, 9.17) is 23.2 Å². The van der Waals surface area contributed by atoms with Crippen molar-refractivity contribution in [3.05, 3.63) is 28.2 Å². The monoisotopic (exact) mass is 247 g/mol. The second-order valence-electron chi connectivity index (χ2n) is 3.83. The number of halogens is 2. The maximum absolute atomic E-state index is 9.80. The van der Waals surface area contributed by atoms with E-state index in [0.717, 1.165) is 5.69 Å². The molecule has 15 heavy (non-hydrogen) atoms. The lowest BCUT2D eigenvalue weighted by Crippen LogP contribution is -2.32. The van der Waals surface area contributed by atoms with Gasteiger partial charge in [-0.05, 0) is 31.5 Å². The minimum Gasteiger partial charge on any atom is -0.388 e. The average molecular weight is 248 g/mol. The zero-order valence-corrected chi connectivity index (χ0v) is 10.4. The summed E-state index contributed by atoms with van der Waals surface area (Å²) in [5.41, 5.74) is 0.0676. The zero-order chi connectivity index (χ0) is 11.5. The van der Waals surface area contributed by atoms with Crippen molar-refractivity contribution in [2.24, 2.45) is 0 Å². The summed E-state index contributed by atoms with van der Waals surface area (Å²) < 4.78 is 0. The van der Waals surface area contributed by atoms with Crippen molar-refractivity contribution < 1.29 is 5.11 Å². The highest BCUT2D eigenvalue weighted by Gasteiger charge is 2.17. The number of hydrogen-bond acceptors (Lipinski definition) is 2. The van der Waals surface area contributed by atoms with Crippen molar-refractivity contribution in [3.63, 3.8) is 0 Å². The molecular weight excluding hydrogens is 233 g/mol. The summed E-state index contributed by atoms with van der Waals surface area (Å²) in [4.78, 5) is 0. The van der Waals surface area contributed by atoms with Crippen LogP contribution in [0.25, 0.3) is 0 Å². The fourth-order valence-corrected chi connectivity index (χ4v) is 1.52. The summed E-state index contributed by atoms with van der Waals surface area (Å²) in [6, 6.07) is 5.24. The van der Waals surface area contributed by atoms with Crippen LogP contribution in [0.2, 0.25) is 10.0 Å². The Hall–Kier alpha value is -0.440. The van der Waals surface area contributed by atoms with Gasteiger partial charge in [0.25, 0.3) is 0 Å². The molecule has 0 aliphatic carbocycles. The predicted molar refractivity (Wildman–Crippen MR) is 65.9 cm³/mol. The lowest BCUT2D eigenvalue weighted by molar-refractivity contribution is 0.0697. The van der Waals surface area contributed by atoms with Gasteiger partial charge in [0.2, 0.25) is 0 Å². The van der Waals surface area contributed by atoms with Gasteiger partial charge in [0.15, 0.2) is 0 Å². The molecule has 0 aliphatic heterocycles. The van der Waals surface area contributed by atoms with Crippen LogP contribution in [-0.2, 0) is 0 Å². The van der Waals surface area contributed by atoms with E-state index < -0.39 is 5.60 Å². The van der Waals surface area contributed by atoms with Crippen LogP contribution in [0.4, 0.5) is 5.69 Å². The smallest absolute Gasteiger partial charge is 0.0788 e. The van der Waals surface area contributed by atoms with E-state index in [2.05, 4.69) is 5.32 Å². The molecule has 2 nitrogen and oxygen atoms in total. The first-order chi connectivity index (χ1) is 6.94. The van der Waals surface area contributed by atoms with Gasteiger partial charge in [-0.3, -0.25) is 0 Å².